The second-order valence-electron chi connectivity index (χ2n) is 4.23. The second kappa shape index (κ2) is 5.46. The van der Waals surface area contributed by atoms with Crippen LogP contribution in [0.5, 0.6) is 11.5 Å². The molecule has 1 aromatic rings. The van der Waals surface area contributed by atoms with E-state index in [4.69, 9.17) is 9.47 Å². The van der Waals surface area contributed by atoms with Gasteiger partial charge in [0.1, 0.15) is 0 Å². The van der Waals surface area contributed by atoms with Crippen molar-refractivity contribution in [3.8, 4) is 11.5 Å². The van der Waals surface area contributed by atoms with Gasteiger partial charge in [0.05, 0.1) is 0 Å². The van der Waals surface area contributed by atoms with Gasteiger partial charge in [0, 0.05) is 18.2 Å². The fraction of sp³-hybridized carbons (Fsp3) is 0.417. The van der Waals surface area contributed by atoms with Crippen LogP contribution in [-0.4, -0.2) is 31.8 Å². The lowest BCUT2D eigenvalue weighted by atomic mass is 10.1. The molecule has 0 bridgehead atoms. The minimum absolute atomic E-state index is 0. The highest BCUT2D eigenvalue weighted by molar-refractivity contribution is 5.95. The molecule has 5 nitrogen and oxygen atoms in total. The topological polar surface area (TPSA) is 59.6 Å². The fourth-order valence-electron chi connectivity index (χ4n) is 2.08. The lowest BCUT2D eigenvalue weighted by molar-refractivity contribution is 0.0939. The highest BCUT2D eigenvalue weighted by Gasteiger charge is 2.20. The minimum atomic E-state index is -0.0583. The van der Waals surface area contributed by atoms with E-state index in [1.54, 1.807) is 18.2 Å². The summed E-state index contributed by atoms with van der Waals surface area (Å²) in [6.07, 6.45) is 0.982. The molecule has 2 heterocycles. The highest BCUT2D eigenvalue weighted by Crippen LogP contribution is 2.32. The molecule has 3 rings (SSSR count). The van der Waals surface area contributed by atoms with Crippen LogP contribution in [0.25, 0.3) is 0 Å². The van der Waals surface area contributed by atoms with Crippen LogP contribution in [0.1, 0.15) is 16.8 Å². The standard InChI is InChI=1S/C12H14N2O3.ClH/c15-12(14-9-3-4-13-6-9)8-1-2-10-11(5-8)17-7-16-10;/h1-2,5,9,13H,3-4,6-7H2,(H,14,15);1H/t9-;/m1./s1. The van der Waals surface area contributed by atoms with Gasteiger partial charge in [0.25, 0.3) is 5.91 Å². The Labute approximate surface area is 111 Å². The summed E-state index contributed by atoms with van der Waals surface area (Å²) in [6.45, 7) is 2.04. The van der Waals surface area contributed by atoms with Gasteiger partial charge in [0.15, 0.2) is 11.5 Å². The molecule has 18 heavy (non-hydrogen) atoms. The van der Waals surface area contributed by atoms with E-state index in [9.17, 15) is 4.79 Å². The van der Waals surface area contributed by atoms with Crippen LogP contribution in [0.15, 0.2) is 18.2 Å². The number of hydrogen-bond donors (Lipinski definition) is 2. The zero-order chi connectivity index (χ0) is 11.7. The predicted molar refractivity (Wildman–Crippen MR) is 68.6 cm³/mol. The van der Waals surface area contributed by atoms with E-state index in [-0.39, 0.29) is 31.1 Å². The largest absolute Gasteiger partial charge is 0.454 e. The maximum atomic E-state index is 12.0. The Morgan fingerprint density at radius 3 is 2.94 bits per heavy atom. The molecular formula is C12H15ClN2O3. The highest BCUT2D eigenvalue weighted by atomic mass is 35.5. The van der Waals surface area contributed by atoms with Gasteiger partial charge in [0.2, 0.25) is 6.79 Å². The van der Waals surface area contributed by atoms with Crippen molar-refractivity contribution < 1.29 is 14.3 Å². The van der Waals surface area contributed by atoms with E-state index in [0.717, 1.165) is 19.5 Å². The van der Waals surface area contributed by atoms with Crippen LogP contribution in [0.4, 0.5) is 0 Å². The van der Waals surface area contributed by atoms with Gasteiger partial charge in [-0.3, -0.25) is 4.79 Å². The summed E-state index contributed by atoms with van der Waals surface area (Å²) in [6, 6.07) is 5.48. The first kappa shape index (κ1) is 13.0. The van der Waals surface area contributed by atoms with E-state index in [0.29, 0.717) is 17.1 Å². The Morgan fingerprint density at radius 2 is 2.17 bits per heavy atom. The Balaban J connectivity index is 0.00000120. The van der Waals surface area contributed by atoms with Crippen molar-refractivity contribution >= 4 is 18.3 Å². The summed E-state index contributed by atoms with van der Waals surface area (Å²) in [7, 11) is 0. The van der Waals surface area contributed by atoms with Crippen molar-refractivity contribution in [1.82, 2.24) is 10.6 Å². The molecule has 0 radical (unpaired) electrons. The fourth-order valence-corrected chi connectivity index (χ4v) is 2.08. The van der Waals surface area contributed by atoms with E-state index < -0.39 is 0 Å². The zero-order valence-corrected chi connectivity index (χ0v) is 10.6. The van der Waals surface area contributed by atoms with Gasteiger partial charge in [-0.1, -0.05) is 0 Å². The molecule has 1 atom stereocenters. The smallest absolute Gasteiger partial charge is 0.251 e. The summed E-state index contributed by atoms with van der Waals surface area (Å²) < 4.78 is 10.4. The predicted octanol–water partition coefficient (Wildman–Crippen LogP) is 0.929. The summed E-state index contributed by atoms with van der Waals surface area (Å²) in [5, 5.41) is 6.20. The van der Waals surface area contributed by atoms with Crippen molar-refractivity contribution in [3.63, 3.8) is 0 Å². The number of halogens is 1. The van der Waals surface area contributed by atoms with Gasteiger partial charge in [-0.05, 0) is 31.2 Å². The number of nitrogens with one attached hydrogen (secondary N) is 2. The van der Waals surface area contributed by atoms with Crippen LogP contribution in [0.3, 0.4) is 0 Å². The van der Waals surface area contributed by atoms with Crippen molar-refractivity contribution in [3.05, 3.63) is 23.8 Å². The molecule has 1 amide bonds. The molecule has 0 spiro atoms. The molecule has 0 aliphatic carbocycles. The average molecular weight is 271 g/mol. The summed E-state index contributed by atoms with van der Waals surface area (Å²) >= 11 is 0. The molecule has 0 unspecified atom stereocenters. The summed E-state index contributed by atoms with van der Waals surface area (Å²) in [5.74, 6) is 1.28. The lowest BCUT2D eigenvalue weighted by Gasteiger charge is -2.11. The maximum Gasteiger partial charge on any atom is 0.251 e. The summed E-state index contributed by atoms with van der Waals surface area (Å²) in [4.78, 5) is 12.0. The average Bonchev–Trinajstić information content (AvgIpc) is 2.97. The number of carbonyl (C=O) groups is 1. The SMILES string of the molecule is Cl.O=C(N[C@@H]1CCNC1)c1ccc2c(c1)OCO2. The first-order chi connectivity index (χ1) is 8.33. The van der Waals surface area contributed by atoms with Gasteiger partial charge in [-0.2, -0.15) is 0 Å². The Hall–Kier alpha value is -1.46. The number of ether oxygens (including phenoxy) is 2. The summed E-state index contributed by atoms with van der Waals surface area (Å²) in [5.41, 5.74) is 0.612. The van der Waals surface area contributed by atoms with Crippen molar-refractivity contribution in [2.45, 2.75) is 12.5 Å². The monoisotopic (exact) mass is 270 g/mol. The molecule has 2 aliphatic heterocycles. The molecule has 0 saturated carbocycles. The number of rotatable bonds is 2. The molecule has 0 aromatic heterocycles. The van der Waals surface area contributed by atoms with Crippen molar-refractivity contribution in [2.75, 3.05) is 19.9 Å². The number of carbonyl (C=O) groups excluding carboxylic acids is 1. The zero-order valence-electron chi connectivity index (χ0n) is 9.77. The molecule has 1 fully saturated rings. The second-order valence-corrected chi connectivity index (χ2v) is 4.23. The van der Waals surface area contributed by atoms with E-state index in [1.807, 2.05) is 0 Å². The third-order valence-corrected chi connectivity index (χ3v) is 3.03. The van der Waals surface area contributed by atoms with E-state index in [2.05, 4.69) is 10.6 Å². The van der Waals surface area contributed by atoms with Crippen LogP contribution >= 0.6 is 12.4 Å². The lowest BCUT2D eigenvalue weighted by Crippen LogP contribution is -2.36. The molecule has 1 saturated heterocycles. The molecular weight excluding hydrogens is 256 g/mol. The van der Waals surface area contributed by atoms with Crippen LogP contribution in [-0.2, 0) is 0 Å². The van der Waals surface area contributed by atoms with Crippen LogP contribution < -0.4 is 20.1 Å². The van der Waals surface area contributed by atoms with Gasteiger partial charge in [-0.15, -0.1) is 12.4 Å². The first-order valence-electron chi connectivity index (χ1n) is 5.74. The van der Waals surface area contributed by atoms with Crippen molar-refractivity contribution in [1.29, 1.82) is 0 Å². The normalized spacial score (nSPS) is 20.3. The molecule has 1 aromatic carbocycles. The molecule has 2 aliphatic rings. The Morgan fingerprint density at radius 1 is 1.33 bits per heavy atom. The minimum Gasteiger partial charge on any atom is -0.454 e. The van der Waals surface area contributed by atoms with E-state index >= 15 is 0 Å². The Kier molecular flexibility index (Phi) is 3.93. The van der Waals surface area contributed by atoms with E-state index in [1.165, 1.54) is 0 Å². The van der Waals surface area contributed by atoms with Crippen LogP contribution in [0, 0.1) is 0 Å². The molecule has 2 N–H and O–H groups in total. The number of benzene rings is 1. The van der Waals surface area contributed by atoms with Gasteiger partial charge >= 0.3 is 0 Å². The number of fused-ring (bicyclic) bond motifs is 1. The van der Waals surface area contributed by atoms with Crippen LogP contribution in [0.2, 0.25) is 0 Å². The molecule has 98 valence electrons. The quantitative estimate of drug-likeness (QED) is 0.839. The van der Waals surface area contributed by atoms with Crippen molar-refractivity contribution in [2.24, 2.45) is 0 Å². The van der Waals surface area contributed by atoms with Gasteiger partial charge in [-0.25, -0.2) is 0 Å². The van der Waals surface area contributed by atoms with Gasteiger partial charge < -0.3 is 20.1 Å². The maximum absolute atomic E-state index is 12.0. The third-order valence-electron chi connectivity index (χ3n) is 3.03. The number of amides is 1. The third kappa shape index (κ3) is 2.52. The molecule has 6 heteroatoms. The Bertz CT molecular complexity index is 447. The number of hydrogen-bond acceptors (Lipinski definition) is 4. The first-order valence-corrected chi connectivity index (χ1v) is 5.74.